The van der Waals surface area contributed by atoms with Gasteiger partial charge in [-0.25, -0.2) is 9.79 Å². The van der Waals surface area contributed by atoms with E-state index in [1.165, 1.54) is 28.9 Å². The maximum absolute atomic E-state index is 13.8. The first-order valence-electron chi connectivity index (χ1n) is 11.6. The SMILES string of the molecule is C=CCOC(=O)C1=C(C)N=c2sc(=Cc3cc(OC)ccc3OC)c(=O)n2C1c1ccc(OC(C)=O)cc1. The summed E-state index contributed by atoms with van der Waals surface area (Å²) in [5.41, 5.74) is 1.59. The molecule has 3 aromatic rings. The maximum Gasteiger partial charge on any atom is 0.338 e. The minimum absolute atomic E-state index is 0.00772. The highest BCUT2D eigenvalue weighted by Gasteiger charge is 2.33. The predicted octanol–water partition coefficient (Wildman–Crippen LogP) is 2.91. The Morgan fingerprint density at radius 1 is 1.11 bits per heavy atom. The van der Waals surface area contributed by atoms with Crippen LogP contribution in [0.5, 0.6) is 17.2 Å². The van der Waals surface area contributed by atoms with Gasteiger partial charge in [0.25, 0.3) is 5.56 Å². The molecule has 1 atom stereocenters. The number of methoxy groups -OCH3 is 2. The summed E-state index contributed by atoms with van der Waals surface area (Å²) in [5, 5.41) is 0. The van der Waals surface area contributed by atoms with Crippen LogP contribution in [0.3, 0.4) is 0 Å². The van der Waals surface area contributed by atoms with Crippen molar-refractivity contribution in [2.75, 3.05) is 20.8 Å². The summed E-state index contributed by atoms with van der Waals surface area (Å²) in [6, 6.07) is 11.1. The molecule has 0 aliphatic carbocycles. The molecule has 1 aliphatic rings. The lowest BCUT2D eigenvalue weighted by Gasteiger charge is -2.24. The summed E-state index contributed by atoms with van der Waals surface area (Å²) in [7, 11) is 3.10. The van der Waals surface area contributed by atoms with Crippen LogP contribution in [0.1, 0.15) is 31.0 Å². The van der Waals surface area contributed by atoms with E-state index in [2.05, 4.69) is 11.6 Å². The number of rotatable bonds is 8. The highest BCUT2D eigenvalue weighted by molar-refractivity contribution is 7.07. The Labute approximate surface area is 222 Å². The number of aromatic nitrogens is 1. The van der Waals surface area contributed by atoms with Gasteiger partial charge in [-0.2, -0.15) is 0 Å². The lowest BCUT2D eigenvalue weighted by atomic mass is 9.96. The number of allylic oxidation sites excluding steroid dienone is 1. The third-order valence-corrected chi connectivity index (χ3v) is 6.74. The van der Waals surface area contributed by atoms with Crippen LogP contribution < -0.4 is 29.1 Å². The molecule has 0 saturated heterocycles. The lowest BCUT2D eigenvalue weighted by molar-refractivity contribution is -0.138. The third kappa shape index (κ3) is 5.30. The van der Waals surface area contributed by atoms with Gasteiger partial charge in [-0.05, 0) is 48.9 Å². The van der Waals surface area contributed by atoms with E-state index in [0.29, 0.717) is 43.4 Å². The lowest BCUT2D eigenvalue weighted by Crippen LogP contribution is -2.39. The molecular weight excluding hydrogens is 508 g/mol. The van der Waals surface area contributed by atoms with E-state index in [1.807, 2.05) is 0 Å². The molecule has 10 heteroatoms. The number of thiazole rings is 1. The van der Waals surface area contributed by atoms with Crippen molar-refractivity contribution in [2.45, 2.75) is 19.9 Å². The van der Waals surface area contributed by atoms with Crippen LogP contribution in [0.2, 0.25) is 0 Å². The fourth-order valence-corrected chi connectivity index (χ4v) is 5.13. The van der Waals surface area contributed by atoms with E-state index in [4.69, 9.17) is 18.9 Å². The minimum Gasteiger partial charge on any atom is -0.497 e. The second-order valence-corrected chi connectivity index (χ2v) is 9.25. The van der Waals surface area contributed by atoms with Gasteiger partial charge < -0.3 is 18.9 Å². The number of carbonyl (C=O) groups excluding carboxylic acids is 2. The summed E-state index contributed by atoms with van der Waals surface area (Å²) in [6.07, 6.45) is 3.18. The molecule has 9 nitrogen and oxygen atoms in total. The Morgan fingerprint density at radius 3 is 2.45 bits per heavy atom. The van der Waals surface area contributed by atoms with Gasteiger partial charge in [0, 0.05) is 12.5 Å². The number of carbonyl (C=O) groups is 2. The van der Waals surface area contributed by atoms with E-state index in [0.717, 1.165) is 0 Å². The normalized spacial score (nSPS) is 14.8. The quantitative estimate of drug-likeness (QED) is 0.249. The number of fused-ring (bicyclic) bond motifs is 1. The summed E-state index contributed by atoms with van der Waals surface area (Å²) >= 11 is 1.19. The minimum atomic E-state index is -0.815. The Bertz CT molecular complexity index is 1610. The zero-order valence-electron chi connectivity index (χ0n) is 21.3. The first kappa shape index (κ1) is 26.6. The van der Waals surface area contributed by atoms with Crippen molar-refractivity contribution in [1.82, 2.24) is 4.57 Å². The molecule has 0 N–H and O–H groups in total. The van der Waals surface area contributed by atoms with Gasteiger partial charge in [-0.15, -0.1) is 0 Å². The van der Waals surface area contributed by atoms with Crippen LogP contribution in [0.25, 0.3) is 6.08 Å². The topological polar surface area (TPSA) is 105 Å². The van der Waals surface area contributed by atoms with E-state index in [9.17, 15) is 14.4 Å². The molecule has 1 unspecified atom stereocenters. The monoisotopic (exact) mass is 534 g/mol. The third-order valence-electron chi connectivity index (χ3n) is 5.75. The average molecular weight is 535 g/mol. The van der Waals surface area contributed by atoms with Crippen LogP contribution in [0, 0.1) is 0 Å². The molecule has 0 fully saturated rings. The first-order chi connectivity index (χ1) is 18.3. The first-order valence-corrected chi connectivity index (χ1v) is 12.4. The summed E-state index contributed by atoms with van der Waals surface area (Å²) in [5.74, 6) is 0.458. The van der Waals surface area contributed by atoms with Crippen molar-refractivity contribution in [3.63, 3.8) is 0 Å². The Hall–Kier alpha value is -4.44. The van der Waals surface area contributed by atoms with Crippen molar-refractivity contribution in [3.8, 4) is 17.2 Å². The Balaban J connectivity index is 1.92. The number of esters is 2. The summed E-state index contributed by atoms with van der Waals surface area (Å²) in [4.78, 5) is 43.3. The van der Waals surface area contributed by atoms with Gasteiger partial charge in [0.05, 0.1) is 36.1 Å². The van der Waals surface area contributed by atoms with Gasteiger partial charge in [0.15, 0.2) is 4.80 Å². The average Bonchev–Trinajstić information content (AvgIpc) is 3.20. The van der Waals surface area contributed by atoms with E-state index in [1.54, 1.807) is 69.7 Å². The molecule has 0 amide bonds. The molecule has 196 valence electrons. The van der Waals surface area contributed by atoms with Crippen molar-refractivity contribution < 1.29 is 28.5 Å². The van der Waals surface area contributed by atoms with Crippen LogP contribution in [-0.4, -0.2) is 37.3 Å². The number of ether oxygens (including phenoxy) is 4. The van der Waals surface area contributed by atoms with Gasteiger partial charge in [-0.1, -0.05) is 36.1 Å². The van der Waals surface area contributed by atoms with Crippen LogP contribution in [0.4, 0.5) is 0 Å². The molecule has 2 heterocycles. The number of hydrogen-bond acceptors (Lipinski definition) is 9. The Kier molecular flexibility index (Phi) is 7.92. The van der Waals surface area contributed by atoms with Gasteiger partial charge in [0.2, 0.25) is 0 Å². The highest BCUT2D eigenvalue weighted by Crippen LogP contribution is 2.32. The Morgan fingerprint density at radius 2 is 1.82 bits per heavy atom. The highest BCUT2D eigenvalue weighted by atomic mass is 32.1. The smallest absolute Gasteiger partial charge is 0.338 e. The van der Waals surface area contributed by atoms with E-state index >= 15 is 0 Å². The standard InChI is InChI=1S/C28H26N2O7S/c1-6-13-36-27(33)24-16(2)29-28-30(25(24)18-7-9-20(10-8-18)37-17(3)31)26(32)23(38-28)15-19-14-21(34-4)11-12-22(19)35-5/h6-12,14-15,25H,1,13H2,2-5H3. The van der Waals surface area contributed by atoms with Gasteiger partial charge in [-0.3, -0.25) is 14.2 Å². The van der Waals surface area contributed by atoms with Crippen LogP contribution >= 0.6 is 11.3 Å². The fourth-order valence-electron chi connectivity index (χ4n) is 4.09. The molecule has 0 bridgehead atoms. The van der Waals surface area contributed by atoms with Crippen molar-refractivity contribution in [3.05, 3.63) is 97.2 Å². The van der Waals surface area contributed by atoms with Crippen molar-refractivity contribution >= 4 is 29.4 Å². The number of nitrogens with zero attached hydrogens (tertiary/aromatic N) is 2. The molecule has 1 aromatic heterocycles. The molecule has 2 aromatic carbocycles. The summed E-state index contributed by atoms with van der Waals surface area (Å²) < 4.78 is 23.2. The molecule has 0 saturated carbocycles. The number of hydrogen-bond donors (Lipinski definition) is 0. The van der Waals surface area contributed by atoms with E-state index in [-0.39, 0.29) is 17.7 Å². The molecule has 0 spiro atoms. The van der Waals surface area contributed by atoms with Crippen LogP contribution in [-0.2, 0) is 14.3 Å². The van der Waals surface area contributed by atoms with Gasteiger partial charge in [0.1, 0.15) is 23.9 Å². The van der Waals surface area contributed by atoms with Crippen molar-refractivity contribution in [1.29, 1.82) is 0 Å². The molecule has 38 heavy (non-hydrogen) atoms. The van der Waals surface area contributed by atoms with E-state index < -0.39 is 18.0 Å². The fraction of sp³-hybridized carbons (Fsp3) is 0.214. The molecule has 4 rings (SSSR count). The second kappa shape index (κ2) is 11.3. The molecule has 1 aliphatic heterocycles. The second-order valence-electron chi connectivity index (χ2n) is 8.24. The zero-order valence-corrected chi connectivity index (χ0v) is 22.2. The number of benzene rings is 2. The van der Waals surface area contributed by atoms with Crippen LogP contribution in [0.15, 0.2) is 76.2 Å². The molecular formula is C28H26N2O7S. The maximum atomic E-state index is 13.8. The van der Waals surface area contributed by atoms with Gasteiger partial charge >= 0.3 is 11.9 Å². The predicted molar refractivity (Wildman–Crippen MR) is 142 cm³/mol. The van der Waals surface area contributed by atoms with Crippen molar-refractivity contribution in [2.24, 2.45) is 4.99 Å². The zero-order chi connectivity index (χ0) is 27.4. The summed E-state index contributed by atoms with van der Waals surface area (Å²) in [6.45, 7) is 6.61. The molecule has 0 radical (unpaired) electrons. The largest absolute Gasteiger partial charge is 0.497 e.